The maximum atomic E-state index is 11.8. The number of carbonyl (C=O) groups excluding carboxylic acids is 2. The van der Waals surface area contributed by atoms with Crippen LogP contribution in [-0.2, 0) is 19.1 Å². The summed E-state index contributed by atoms with van der Waals surface area (Å²) in [6.07, 6.45) is 4.51. The zero-order valence-electron chi connectivity index (χ0n) is 8.53. The summed E-state index contributed by atoms with van der Waals surface area (Å²) in [6, 6.07) is 0. The van der Waals surface area contributed by atoms with Crippen molar-refractivity contribution in [2.24, 2.45) is 11.3 Å². The lowest BCUT2D eigenvalue weighted by atomic mass is 9.65. The van der Waals surface area contributed by atoms with E-state index in [0.29, 0.717) is 6.42 Å². The van der Waals surface area contributed by atoms with Crippen molar-refractivity contribution in [2.75, 3.05) is 6.61 Å². The minimum atomic E-state index is -0.531. The summed E-state index contributed by atoms with van der Waals surface area (Å²) in [5, 5.41) is 0. The third-order valence-corrected chi connectivity index (χ3v) is 3.91. The Morgan fingerprint density at radius 2 is 2.13 bits per heavy atom. The van der Waals surface area contributed by atoms with Crippen LogP contribution < -0.4 is 0 Å². The highest BCUT2D eigenvalue weighted by Gasteiger charge is 2.59. The monoisotopic (exact) mass is 210 g/mol. The smallest absolute Gasteiger partial charge is 0.320 e. The molecule has 1 saturated carbocycles. The van der Waals surface area contributed by atoms with Crippen molar-refractivity contribution in [3.8, 4) is 0 Å². The van der Waals surface area contributed by atoms with Gasteiger partial charge in [-0.05, 0) is 19.3 Å². The van der Waals surface area contributed by atoms with E-state index in [4.69, 9.17) is 9.47 Å². The molecule has 4 nitrogen and oxygen atoms in total. The summed E-state index contributed by atoms with van der Waals surface area (Å²) in [5.41, 5.74) is -0.531. The quantitative estimate of drug-likeness (QED) is 0.388. The van der Waals surface area contributed by atoms with Crippen molar-refractivity contribution in [3.05, 3.63) is 0 Å². The first-order chi connectivity index (χ1) is 7.22. The molecule has 0 aromatic carbocycles. The number of esters is 2. The molecule has 4 heteroatoms. The van der Waals surface area contributed by atoms with Crippen molar-refractivity contribution in [3.63, 3.8) is 0 Å². The van der Waals surface area contributed by atoms with Gasteiger partial charge in [0, 0.05) is 0 Å². The molecule has 2 aliphatic heterocycles. The Hall–Kier alpha value is -0.900. The molecule has 2 saturated heterocycles. The van der Waals surface area contributed by atoms with Gasteiger partial charge in [-0.2, -0.15) is 0 Å². The molecule has 15 heavy (non-hydrogen) atoms. The van der Waals surface area contributed by atoms with E-state index >= 15 is 0 Å². The fraction of sp³-hybridized carbons (Fsp3) is 0.818. The molecule has 3 fully saturated rings. The van der Waals surface area contributed by atoms with Gasteiger partial charge >= 0.3 is 11.9 Å². The highest BCUT2D eigenvalue weighted by atomic mass is 16.6. The van der Waals surface area contributed by atoms with Crippen LogP contribution in [0.1, 0.15) is 32.1 Å². The molecule has 82 valence electrons. The molecule has 0 N–H and O–H groups in total. The van der Waals surface area contributed by atoms with Crippen LogP contribution in [0.25, 0.3) is 0 Å². The normalized spacial score (nSPS) is 43.7. The van der Waals surface area contributed by atoms with Gasteiger partial charge < -0.3 is 9.47 Å². The van der Waals surface area contributed by atoms with Crippen LogP contribution in [0, 0.1) is 11.3 Å². The average Bonchev–Trinajstić information content (AvgIpc) is 2.97. The van der Waals surface area contributed by atoms with Gasteiger partial charge in [0.1, 0.15) is 0 Å². The summed E-state index contributed by atoms with van der Waals surface area (Å²) in [5.74, 6) is -0.795. The minimum Gasteiger partial charge on any atom is -0.392 e. The van der Waals surface area contributed by atoms with Gasteiger partial charge in [-0.3, -0.25) is 9.59 Å². The van der Waals surface area contributed by atoms with E-state index in [1.54, 1.807) is 0 Å². The Morgan fingerprint density at radius 1 is 1.33 bits per heavy atom. The van der Waals surface area contributed by atoms with E-state index in [9.17, 15) is 9.59 Å². The van der Waals surface area contributed by atoms with Crippen LogP contribution in [0.15, 0.2) is 0 Å². The minimum absolute atomic E-state index is 0.184. The van der Waals surface area contributed by atoms with Crippen LogP contribution >= 0.6 is 0 Å². The van der Waals surface area contributed by atoms with E-state index in [1.165, 1.54) is 0 Å². The number of cyclic esters (lactones) is 2. The number of carbonyl (C=O) groups is 2. The van der Waals surface area contributed by atoms with Gasteiger partial charge in [0.05, 0.1) is 24.0 Å². The number of ether oxygens (including phenoxy) is 2. The molecule has 0 bridgehead atoms. The van der Waals surface area contributed by atoms with Crippen LogP contribution in [0.4, 0.5) is 0 Å². The molecule has 0 radical (unpaired) electrons. The number of hydrogen-bond donors (Lipinski definition) is 0. The molecule has 3 unspecified atom stereocenters. The van der Waals surface area contributed by atoms with Gasteiger partial charge in [0.25, 0.3) is 0 Å². The lowest BCUT2D eigenvalue weighted by molar-refractivity contribution is -0.155. The van der Waals surface area contributed by atoms with Crippen LogP contribution in [0.3, 0.4) is 0 Å². The van der Waals surface area contributed by atoms with E-state index in [0.717, 1.165) is 32.3 Å². The summed E-state index contributed by atoms with van der Waals surface area (Å²) in [6.45, 7) is 0.732. The Bertz CT molecular complexity index is 321. The molecule has 3 rings (SSSR count). The van der Waals surface area contributed by atoms with Gasteiger partial charge in [0.15, 0.2) is 0 Å². The maximum Gasteiger partial charge on any atom is 0.320 e. The molecule has 0 aromatic rings. The lowest BCUT2D eigenvalue weighted by Gasteiger charge is -2.33. The van der Waals surface area contributed by atoms with Crippen molar-refractivity contribution in [1.29, 1.82) is 0 Å². The molecule has 0 spiro atoms. The standard InChI is InChI=1S/C11H14O4/c12-9-8-3-1-2-4-11(8,10(13)15-9)5-7-6-14-7/h7-8H,1-6H2. The molecule has 3 atom stereocenters. The maximum absolute atomic E-state index is 11.8. The van der Waals surface area contributed by atoms with Crippen molar-refractivity contribution in [2.45, 2.75) is 38.2 Å². The Morgan fingerprint density at radius 3 is 2.87 bits per heavy atom. The molecule has 3 aliphatic rings. The van der Waals surface area contributed by atoms with Crippen molar-refractivity contribution in [1.82, 2.24) is 0 Å². The van der Waals surface area contributed by atoms with Gasteiger partial charge in [-0.15, -0.1) is 0 Å². The second kappa shape index (κ2) is 3.04. The predicted molar refractivity (Wildman–Crippen MR) is 49.8 cm³/mol. The van der Waals surface area contributed by atoms with Gasteiger partial charge in [0.2, 0.25) is 0 Å². The Labute approximate surface area is 87.9 Å². The molecular weight excluding hydrogens is 196 g/mol. The average molecular weight is 210 g/mol. The Kier molecular flexibility index (Phi) is 1.89. The zero-order valence-corrected chi connectivity index (χ0v) is 8.53. The second-order valence-electron chi connectivity index (χ2n) is 4.82. The highest BCUT2D eigenvalue weighted by molar-refractivity contribution is 5.99. The summed E-state index contributed by atoms with van der Waals surface area (Å²) in [4.78, 5) is 23.3. The van der Waals surface area contributed by atoms with Crippen LogP contribution in [0.5, 0.6) is 0 Å². The van der Waals surface area contributed by atoms with Crippen molar-refractivity contribution < 1.29 is 19.1 Å². The van der Waals surface area contributed by atoms with E-state index in [2.05, 4.69) is 0 Å². The molecule has 0 amide bonds. The number of fused-ring (bicyclic) bond motifs is 1. The SMILES string of the molecule is O=C1OC(=O)C2(CC3CO3)CCCCC12. The third-order valence-electron chi connectivity index (χ3n) is 3.91. The van der Waals surface area contributed by atoms with Gasteiger partial charge in [-0.1, -0.05) is 12.8 Å². The van der Waals surface area contributed by atoms with Crippen molar-refractivity contribution >= 4 is 11.9 Å². The summed E-state index contributed by atoms with van der Waals surface area (Å²) in [7, 11) is 0. The largest absolute Gasteiger partial charge is 0.392 e. The number of hydrogen-bond acceptors (Lipinski definition) is 4. The topological polar surface area (TPSA) is 55.9 Å². The van der Waals surface area contributed by atoms with E-state index in [-0.39, 0.29) is 24.0 Å². The fourth-order valence-corrected chi connectivity index (χ4v) is 3.01. The van der Waals surface area contributed by atoms with Crippen LogP contribution in [0.2, 0.25) is 0 Å². The predicted octanol–water partition coefficient (Wildman–Crippen LogP) is 1.04. The van der Waals surface area contributed by atoms with E-state index < -0.39 is 5.41 Å². The first-order valence-electron chi connectivity index (χ1n) is 5.60. The molecule has 0 aromatic heterocycles. The first-order valence-corrected chi connectivity index (χ1v) is 5.60. The highest BCUT2D eigenvalue weighted by Crippen LogP contribution is 2.51. The zero-order chi connectivity index (χ0) is 10.5. The number of rotatable bonds is 2. The van der Waals surface area contributed by atoms with E-state index in [1.807, 2.05) is 0 Å². The van der Waals surface area contributed by atoms with Crippen LogP contribution in [-0.4, -0.2) is 24.6 Å². The summed E-state index contributed by atoms with van der Waals surface area (Å²) < 4.78 is 9.99. The first kappa shape index (κ1) is 9.33. The number of epoxide rings is 1. The third kappa shape index (κ3) is 1.31. The lowest BCUT2D eigenvalue weighted by Crippen LogP contribution is -2.38. The van der Waals surface area contributed by atoms with Gasteiger partial charge in [-0.25, -0.2) is 0 Å². The molecule has 1 aliphatic carbocycles. The second-order valence-corrected chi connectivity index (χ2v) is 4.82. The fourth-order valence-electron chi connectivity index (χ4n) is 3.01. The molecular formula is C11H14O4. The summed E-state index contributed by atoms with van der Waals surface area (Å²) >= 11 is 0. The molecule has 2 heterocycles. The Balaban J connectivity index is 1.91.